The van der Waals surface area contributed by atoms with Crippen LogP contribution in [-0.2, 0) is 11.2 Å². The van der Waals surface area contributed by atoms with Crippen LogP contribution in [0.5, 0.6) is 0 Å². The van der Waals surface area contributed by atoms with Gasteiger partial charge >= 0.3 is 0 Å². The molecule has 128 valence electrons. The first-order chi connectivity index (χ1) is 10.8. The molecule has 2 aliphatic carbocycles. The predicted octanol–water partition coefficient (Wildman–Crippen LogP) is 4.24. The summed E-state index contributed by atoms with van der Waals surface area (Å²) in [5, 5.41) is 10.7. The van der Waals surface area contributed by atoms with E-state index in [0.717, 1.165) is 25.7 Å². The smallest absolute Gasteiger partial charge is 0.164 e. The summed E-state index contributed by atoms with van der Waals surface area (Å²) in [5.41, 5.74) is 1.26. The number of aliphatic hydroxyl groups excluding tert-OH is 1. The van der Waals surface area contributed by atoms with Crippen LogP contribution in [0.1, 0.15) is 58.9 Å². The Morgan fingerprint density at radius 2 is 2.04 bits per heavy atom. The average molecular weight is 318 g/mol. The third kappa shape index (κ3) is 2.67. The van der Waals surface area contributed by atoms with Gasteiger partial charge in [-0.25, -0.2) is 0 Å². The van der Waals surface area contributed by atoms with Crippen molar-refractivity contribution in [1.82, 2.24) is 0 Å². The fraction of sp³-hybridized carbons (Fsp3) is 0.750. The van der Waals surface area contributed by atoms with Crippen LogP contribution in [-0.4, -0.2) is 17.0 Å². The van der Waals surface area contributed by atoms with E-state index in [0.29, 0.717) is 5.92 Å². The number of aryl methyl sites for hydroxylation is 1. The summed E-state index contributed by atoms with van der Waals surface area (Å²) < 4.78 is 5.18. The van der Waals surface area contributed by atoms with Crippen LogP contribution < -0.4 is 0 Å². The summed E-state index contributed by atoms with van der Waals surface area (Å²) in [6.07, 6.45) is 8.05. The molecule has 2 aliphatic rings. The van der Waals surface area contributed by atoms with E-state index in [-0.39, 0.29) is 28.4 Å². The van der Waals surface area contributed by atoms with E-state index in [1.165, 1.54) is 12.0 Å². The summed E-state index contributed by atoms with van der Waals surface area (Å²) >= 11 is 0. The van der Waals surface area contributed by atoms with Crippen molar-refractivity contribution in [3.63, 3.8) is 0 Å². The first-order valence-electron chi connectivity index (χ1n) is 9.00. The molecule has 2 fully saturated rings. The van der Waals surface area contributed by atoms with Crippen molar-refractivity contribution in [3.8, 4) is 0 Å². The van der Waals surface area contributed by atoms with E-state index in [1.54, 1.807) is 12.5 Å². The summed E-state index contributed by atoms with van der Waals surface area (Å²) in [6.45, 7) is 8.81. The largest absolute Gasteiger partial charge is 0.472 e. The second-order valence-corrected chi connectivity index (χ2v) is 8.74. The monoisotopic (exact) mass is 318 g/mol. The van der Waals surface area contributed by atoms with Gasteiger partial charge in [-0.05, 0) is 54.1 Å². The Hall–Kier alpha value is -1.09. The highest BCUT2D eigenvalue weighted by atomic mass is 16.3. The summed E-state index contributed by atoms with van der Waals surface area (Å²) in [7, 11) is 0. The highest BCUT2D eigenvalue weighted by Crippen LogP contribution is 2.61. The van der Waals surface area contributed by atoms with Crippen molar-refractivity contribution < 1.29 is 14.3 Å². The van der Waals surface area contributed by atoms with Crippen LogP contribution in [0.25, 0.3) is 0 Å². The number of Topliss-reactive ketones (excluding diaryl/α,β-unsaturated/α-hetero) is 1. The maximum Gasteiger partial charge on any atom is 0.164 e. The second kappa shape index (κ2) is 5.77. The molecule has 5 atom stereocenters. The van der Waals surface area contributed by atoms with Crippen LogP contribution in [0.2, 0.25) is 0 Å². The topological polar surface area (TPSA) is 50.4 Å². The zero-order chi connectivity index (χ0) is 16.8. The number of carbonyl (C=O) groups excluding carboxylic acids is 1. The van der Waals surface area contributed by atoms with Gasteiger partial charge < -0.3 is 9.52 Å². The van der Waals surface area contributed by atoms with Crippen LogP contribution in [0.15, 0.2) is 23.0 Å². The highest BCUT2D eigenvalue weighted by molar-refractivity contribution is 5.86. The minimum absolute atomic E-state index is 0.0239. The Bertz CT molecular complexity index is 559. The lowest BCUT2D eigenvalue weighted by atomic mass is 9.45. The minimum Gasteiger partial charge on any atom is -0.472 e. The maximum atomic E-state index is 12.7. The van der Waals surface area contributed by atoms with Gasteiger partial charge in [-0.15, -0.1) is 0 Å². The van der Waals surface area contributed by atoms with E-state index in [4.69, 9.17) is 4.42 Å². The molecule has 0 radical (unpaired) electrons. The number of ketones is 1. The second-order valence-electron chi connectivity index (χ2n) is 8.74. The molecular formula is C20H30O3. The molecule has 0 saturated heterocycles. The normalized spacial score (nSPS) is 40.0. The van der Waals surface area contributed by atoms with E-state index in [9.17, 15) is 9.90 Å². The molecule has 3 nitrogen and oxygen atoms in total. The lowest BCUT2D eigenvalue weighted by Crippen LogP contribution is -2.61. The van der Waals surface area contributed by atoms with E-state index in [2.05, 4.69) is 20.8 Å². The van der Waals surface area contributed by atoms with Crippen LogP contribution >= 0.6 is 0 Å². The molecule has 1 N–H and O–H groups in total. The third-order valence-corrected chi connectivity index (χ3v) is 6.92. The van der Waals surface area contributed by atoms with E-state index < -0.39 is 6.10 Å². The van der Waals surface area contributed by atoms with Gasteiger partial charge in [-0.1, -0.05) is 34.1 Å². The van der Waals surface area contributed by atoms with Crippen molar-refractivity contribution in [2.24, 2.45) is 28.6 Å². The molecule has 0 amide bonds. The number of aliphatic hydroxyl groups is 1. The van der Waals surface area contributed by atoms with Crippen LogP contribution in [0.4, 0.5) is 0 Å². The average Bonchev–Trinajstić information content (AvgIpc) is 2.97. The van der Waals surface area contributed by atoms with Gasteiger partial charge in [0.15, 0.2) is 5.78 Å². The van der Waals surface area contributed by atoms with E-state index >= 15 is 0 Å². The van der Waals surface area contributed by atoms with Gasteiger partial charge in [-0.3, -0.25) is 4.79 Å². The molecule has 3 heteroatoms. The van der Waals surface area contributed by atoms with Crippen molar-refractivity contribution in [3.05, 3.63) is 24.2 Å². The fourth-order valence-corrected chi connectivity index (χ4v) is 5.87. The highest BCUT2D eigenvalue weighted by Gasteiger charge is 2.59. The Labute approximate surface area is 139 Å². The number of furan rings is 1. The van der Waals surface area contributed by atoms with Crippen LogP contribution in [0, 0.1) is 28.6 Å². The van der Waals surface area contributed by atoms with Gasteiger partial charge in [0, 0.05) is 11.8 Å². The molecule has 3 rings (SSSR count). The zero-order valence-corrected chi connectivity index (χ0v) is 14.8. The molecule has 23 heavy (non-hydrogen) atoms. The van der Waals surface area contributed by atoms with Gasteiger partial charge in [-0.2, -0.15) is 0 Å². The molecule has 0 bridgehead atoms. The number of fused-ring (bicyclic) bond motifs is 1. The molecule has 0 aromatic carbocycles. The standard InChI is InChI=1S/C20H30O3/c1-13-15(7-6-14-8-11-23-12-14)20(4)10-5-9-19(2,3)18(20)17(22)16(13)21/h8,11-13,15,17-18,22H,5-7,9-10H2,1-4H3/t13-,15-,17+,18?,20+/m0/s1. The molecule has 0 aliphatic heterocycles. The van der Waals surface area contributed by atoms with Crippen molar-refractivity contribution in [2.75, 3.05) is 0 Å². The molecule has 1 unspecified atom stereocenters. The Balaban J connectivity index is 1.91. The Morgan fingerprint density at radius 1 is 1.30 bits per heavy atom. The molecule has 1 aromatic rings. The van der Waals surface area contributed by atoms with Gasteiger partial charge in [0.2, 0.25) is 0 Å². The third-order valence-electron chi connectivity index (χ3n) is 6.92. The van der Waals surface area contributed by atoms with Crippen LogP contribution in [0.3, 0.4) is 0 Å². The van der Waals surface area contributed by atoms with Crippen molar-refractivity contribution in [2.45, 2.75) is 65.9 Å². The molecule has 1 heterocycles. The fourth-order valence-electron chi connectivity index (χ4n) is 5.87. The Kier molecular flexibility index (Phi) is 4.20. The Morgan fingerprint density at radius 3 is 2.70 bits per heavy atom. The summed E-state index contributed by atoms with van der Waals surface area (Å²) in [5.74, 6) is 0.395. The summed E-state index contributed by atoms with van der Waals surface area (Å²) in [4.78, 5) is 12.7. The zero-order valence-electron chi connectivity index (χ0n) is 14.8. The number of carbonyl (C=O) groups is 1. The number of hydrogen-bond acceptors (Lipinski definition) is 3. The van der Waals surface area contributed by atoms with Crippen molar-refractivity contribution >= 4 is 5.78 Å². The van der Waals surface area contributed by atoms with Gasteiger partial charge in [0.1, 0.15) is 6.10 Å². The van der Waals surface area contributed by atoms with Crippen molar-refractivity contribution in [1.29, 1.82) is 0 Å². The summed E-state index contributed by atoms with van der Waals surface area (Å²) in [6, 6.07) is 2.01. The molecule has 2 saturated carbocycles. The van der Waals surface area contributed by atoms with Gasteiger partial charge in [0.05, 0.1) is 12.5 Å². The van der Waals surface area contributed by atoms with Gasteiger partial charge in [0.25, 0.3) is 0 Å². The lowest BCUT2D eigenvalue weighted by Gasteiger charge is -2.60. The quantitative estimate of drug-likeness (QED) is 0.907. The first-order valence-corrected chi connectivity index (χ1v) is 9.00. The number of hydrogen-bond donors (Lipinski definition) is 1. The minimum atomic E-state index is -0.796. The van der Waals surface area contributed by atoms with E-state index in [1.807, 2.05) is 13.0 Å². The maximum absolute atomic E-state index is 12.7. The molecule has 0 spiro atoms. The number of rotatable bonds is 3. The predicted molar refractivity (Wildman–Crippen MR) is 89.9 cm³/mol. The molecular weight excluding hydrogens is 288 g/mol. The first kappa shape index (κ1) is 16.8. The SMILES string of the molecule is C[C@@H]1C(=O)[C@@H](O)C2C(C)(C)CCC[C@]2(C)[C@H]1CCc1ccoc1. The lowest BCUT2D eigenvalue weighted by molar-refractivity contribution is -0.176. The molecule has 1 aromatic heterocycles.